The molecule has 0 aliphatic heterocycles. The lowest BCUT2D eigenvalue weighted by Gasteiger charge is -2.06. The summed E-state index contributed by atoms with van der Waals surface area (Å²) in [5.74, 6) is 0.646. The number of nitrogens with zero attached hydrogens (tertiary/aromatic N) is 2. The Hall–Kier alpha value is -1.94. The van der Waals surface area contributed by atoms with Gasteiger partial charge in [0.25, 0.3) is 0 Å². The number of benzene rings is 1. The number of aromatic nitrogens is 2. The highest BCUT2D eigenvalue weighted by atomic mass is 14.9. The van der Waals surface area contributed by atoms with Gasteiger partial charge in [-0.2, -0.15) is 0 Å². The monoisotopic (exact) mass is 214 g/mol. The fourth-order valence-electron chi connectivity index (χ4n) is 1.50. The van der Waals surface area contributed by atoms with E-state index in [0.29, 0.717) is 18.1 Å². The van der Waals surface area contributed by atoms with Crippen molar-refractivity contribution >= 4 is 5.69 Å². The molecule has 0 unspecified atom stereocenters. The lowest BCUT2D eigenvalue weighted by molar-refractivity contribution is 1.06. The van der Waals surface area contributed by atoms with Crippen molar-refractivity contribution in [1.82, 2.24) is 9.97 Å². The quantitative estimate of drug-likeness (QED) is 0.742. The van der Waals surface area contributed by atoms with Crippen LogP contribution in [0.25, 0.3) is 11.4 Å². The van der Waals surface area contributed by atoms with Crippen LogP contribution in [0.5, 0.6) is 0 Å². The summed E-state index contributed by atoms with van der Waals surface area (Å²) in [6.45, 7) is 2.41. The Labute approximate surface area is 94.3 Å². The highest BCUT2D eigenvalue weighted by Crippen LogP contribution is 2.23. The molecule has 2 rings (SSSR count). The van der Waals surface area contributed by atoms with Gasteiger partial charge in [0.05, 0.1) is 0 Å². The molecule has 4 nitrogen and oxygen atoms in total. The molecular weight excluding hydrogens is 200 g/mol. The van der Waals surface area contributed by atoms with Crippen molar-refractivity contribution in [3.8, 4) is 11.4 Å². The predicted molar refractivity (Wildman–Crippen MR) is 64.5 cm³/mol. The molecule has 0 atom stereocenters. The Morgan fingerprint density at radius 3 is 2.75 bits per heavy atom. The van der Waals surface area contributed by atoms with Crippen LogP contribution in [0.4, 0.5) is 5.69 Å². The molecule has 16 heavy (non-hydrogen) atoms. The lowest BCUT2D eigenvalue weighted by atomic mass is 10.1. The smallest absolute Gasteiger partial charge is 0.161 e. The van der Waals surface area contributed by atoms with Crippen molar-refractivity contribution in [2.45, 2.75) is 13.5 Å². The minimum atomic E-state index is 0.485. The summed E-state index contributed by atoms with van der Waals surface area (Å²) in [6, 6.07) is 7.54. The predicted octanol–water partition coefficient (Wildman–Crippen LogP) is 1.49. The first-order valence-electron chi connectivity index (χ1n) is 5.09. The molecule has 0 spiro atoms. The minimum Gasteiger partial charge on any atom is -0.398 e. The molecule has 1 aromatic carbocycles. The molecule has 0 radical (unpaired) electrons. The van der Waals surface area contributed by atoms with Gasteiger partial charge in [-0.25, -0.2) is 9.97 Å². The Balaban J connectivity index is 2.54. The van der Waals surface area contributed by atoms with E-state index in [-0.39, 0.29) is 0 Å². The SMILES string of the molecule is Cc1ccnc(-c2cc(CN)ccc2N)n1. The van der Waals surface area contributed by atoms with Crippen LogP contribution < -0.4 is 11.5 Å². The third kappa shape index (κ3) is 2.01. The topological polar surface area (TPSA) is 77.8 Å². The van der Waals surface area contributed by atoms with Gasteiger partial charge in [0.2, 0.25) is 0 Å². The van der Waals surface area contributed by atoms with E-state index in [1.54, 1.807) is 6.20 Å². The van der Waals surface area contributed by atoms with Crippen LogP contribution in [-0.4, -0.2) is 9.97 Å². The van der Waals surface area contributed by atoms with Gasteiger partial charge in [-0.05, 0) is 30.7 Å². The zero-order valence-electron chi connectivity index (χ0n) is 9.14. The second-order valence-corrected chi connectivity index (χ2v) is 3.65. The molecule has 4 N–H and O–H groups in total. The summed E-state index contributed by atoms with van der Waals surface area (Å²) >= 11 is 0. The molecule has 2 aromatic rings. The molecule has 4 heteroatoms. The molecule has 0 amide bonds. The highest BCUT2D eigenvalue weighted by Gasteiger charge is 2.06. The average Bonchev–Trinajstić information content (AvgIpc) is 2.30. The van der Waals surface area contributed by atoms with Crippen LogP contribution in [0.2, 0.25) is 0 Å². The van der Waals surface area contributed by atoms with Gasteiger partial charge in [-0.15, -0.1) is 0 Å². The van der Waals surface area contributed by atoms with Crippen molar-refractivity contribution in [2.24, 2.45) is 5.73 Å². The summed E-state index contributed by atoms with van der Waals surface area (Å²) in [6.07, 6.45) is 1.73. The zero-order valence-corrected chi connectivity index (χ0v) is 9.14. The average molecular weight is 214 g/mol. The number of hydrogen-bond acceptors (Lipinski definition) is 4. The fraction of sp³-hybridized carbons (Fsp3) is 0.167. The maximum absolute atomic E-state index is 5.91. The van der Waals surface area contributed by atoms with Crippen molar-refractivity contribution in [1.29, 1.82) is 0 Å². The summed E-state index contributed by atoms with van der Waals surface area (Å²) < 4.78 is 0. The number of aryl methyl sites for hydroxylation is 1. The second-order valence-electron chi connectivity index (χ2n) is 3.65. The summed E-state index contributed by atoms with van der Waals surface area (Å²) in [5, 5.41) is 0. The fourth-order valence-corrected chi connectivity index (χ4v) is 1.50. The normalized spacial score (nSPS) is 10.4. The van der Waals surface area contributed by atoms with Gasteiger partial charge in [0.15, 0.2) is 5.82 Å². The first kappa shape index (κ1) is 10.6. The molecule has 0 fully saturated rings. The van der Waals surface area contributed by atoms with E-state index in [2.05, 4.69) is 9.97 Å². The van der Waals surface area contributed by atoms with E-state index < -0.39 is 0 Å². The van der Waals surface area contributed by atoms with E-state index in [1.165, 1.54) is 0 Å². The van der Waals surface area contributed by atoms with Crippen LogP contribution in [0.15, 0.2) is 30.5 Å². The van der Waals surface area contributed by atoms with Crippen molar-refractivity contribution in [2.75, 3.05) is 5.73 Å². The van der Waals surface area contributed by atoms with Gasteiger partial charge in [-0.1, -0.05) is 6.07 Å². The van der Waals surface area contributed by atoms with Gasteiger partial charge in [0, 0.05) is 29.7 Å². The summed E-state index contributed by atoms with van der Waals surface area (Å²) in [4.78, 5) is 8.56. The van der Waals surface area contributed by atoms with Gasteiger partial charge in [-0.3, -0.25) is 0 Å². The highest BCUT2D eigenvalue weighted by molar-refractivity contribution is 5.72. The van der Waals surface area contributed by atoms with E-state index in [0.717, 1.165) is 16.8 Å². The first-order valence-corrected chi connectivity index (χ1v) is 5.09. The van der Waals surface area contributed by atoms with Crippen LogP contribution >= 0.6 is 0 Å². The molecule has 0 saturated heterocycles. The van der Waals surface area contributed by atoms with Crippen LogP contribution in [0, 0.1) is 6.92 Å². The molecule has 0 aliphatic carbocycles. The molecule has 0 aliphatic rings. The summed E-state index contributed by atoms with van der Waals surface area (Å²) in [5.41, 5.74) is 15.0. The van der Waals surface area contributed by atoms with Crippen molar-refractivity contribution in [3.05, 3.63) is 41.7 Å². The Morgan fingerprint density at radius 2 is 2.06 bits per heavy atom. The van der Waals surface area contributed by atoms with Crippen LogP contribution in [0.1, 0.15) is 11.3 Å². The molecular formula is C12H14N4. The minimum absolute atomic E-state index is 0.485. The molecule has 1 heterocycles. The number of anilines is 1. The van der Waals surface area contributed by atoms with E-state index in [9.17, 15) is 0 Å². The Morgan fingerprint density at radius 1 is 1.25 bits per heavy atom. The van der Waals surface area contributed by atoms with Crippen molar-refractivity contribution < 1.29 is 0 Å². The largest absolute Gasteiger partial charge is 0.398 e. The second kappa shape index (κ2) is 4.28. The standard InChI is InChI=1S/C12H14N4/c1-8-4-5-15-12(16-8)10-6-9(7-13)2-3-11(10)14/h2-6H,7,13-14H2,1H3. The number of rotatable bonds is 2. The lowest BCUT2D eigenvalue weighted by Crippen LogP contribution is -2.00. The number of nitrogens with two attached hydrogens (primary N) is 2. The first-order chi connectivity index (χ1) is 7.70. The molecule has 0 bridgehead atoms. The van der Waals surface area contributed by atoms with Gasteiger partial charge < -0.3 is 11.5 Å². The van der Waals surface area contributed by atoms with Crippen LogP contribution in [0.3, 0.4) is 0 Å². The zero-order chi connectivity index (χ0) is 11.5. The third-order valence-corrected chi connectivity index (χ3v) is 2.39. The maximum Gasteiger partial charge on any atom is 0.161 e. The van der Waals surface area contributed by atoms with Crippen molar-refractivity contribution in [3.63, 3.8) is 0 Å². The summed E-state index contributed by atoms with van der Waals surface area (Å²) in [7, 11) is 0. The van der Waals surface area contributed by atoms with Gasteiger partial charge in [0.1, 0.15) is 0 Å². The van der Waals surface area contributed by atoms with Gasteiger partial charge >= 0.3 is 0 Å². The Bertz CT molecular complexity index is 508. The maximum atomic E-state index is 5.91. The molecule has 82 valence electrons. The van der Waals surface area contributed by atoms with E-state index >= 15 is 0 Å². The Kier molecular flexibility index (Phi) is 2.83. The molecule has 1 aromatic heterocycles. The number of nitrogen functional groups attached to an aromatic ring is 1. The molecule has 0 saturated carbocycles. The van der Waals surface area contributed by atoms with Crippen LogP contribution in [-0.2, 0) is 6.54 Å². The number of hydrogen-bond donors (Lipinski definition) is 2. The third-order valence-electron chi connectivity index (χ3n) is 2.39. The van der Waals surface area contributed by atoms with E-state index in [4.69, 9.17) is 11.5 Å². The van der Waals surface area contributed by atoms with E-state index in [1.807, 2.05) is 31.2 Å².